The second kappa shape index (κ2) is 8.96. The molecule has 1 unspecified atom stereocenters. The predicted molar refractivity (Wildman–Crippen MR) is 93.5 cm³/mol. The van der Waals surface area contributed by atoms with Gasteiger partial charge in [0.15, 0.2) is 11.5 Å². The molecule has 0 N–H and O–H groups in total. The zero-order valence-corrected chi connectivity index (χ0v) is 14.5. The Balaban J connectivity index is 1.90. The van der Waals surface area contributed by atoms with E-state index in [-0.39, 0.29) is 11.9 Å². The Hall–Kier alpha value is -2.49. The normalized spacial score (nSPS) is 11.6. The van der Waals surface area contributed by atoms with E-state index >= 15 is 0 Å². The lowest BCUT2D eigenvalue weighted by Crippen LogP contribution is -2.18. The van der Waals surface area contributed by atoms with Crippen molar-refractivity contribution >= 4 is 5.97 Å². The van der Waals surface area contributed by atoms with Crippen molar-refractivity contribution in [1.82, 2.24) is 0 Å². The highest BCUT2D eigenvalue weighted by molar-refractivity contribution is 5.72. The average Bonchev–Trinajstić information content (AvgIpc) is 2.62. The molecule has 0 fully saturated rings. The number of benzene rings is 2. The first-order valence-electron chi connectivity index (χ1n) is 8.06. The van der Waals surface area contributed by atoms with Gasteiger partial charge in [-0.3, -0.25) is 4.79 Å². The molecule has 0 heterocycles. The monoisotopic (exact) mass is 328 g/mol. The number of methoxy groups -OCH3 is 2. The second-order valence-electron chi connectivity index (χ2n) is 5.66. The summed E-state index contributed by atoms with van der Waals surface area (Å²) in [5.41, 5.74) is 2.09. The summed E-state index contributed by atoms with van der Waals surface area (Å²) in [4.78, 5) is 12.2. The highest BCUT2D eigenvalue weighted by Crippen LogP contribution is 2.32. The summed E-state index contributed by atoms with van der Waals surface area (Å²) in [5, 5.41) is 0. The standard InChI is InChI=1S/C20H24O4/c1-15(14-17-10-7-11-18(22-2)19(17)23-3)20(21)24-13-12-16-8-5-4-6-9-16/h4-11,15H,12-14H2,1-3H3. The number of ether oxygens (including phenoxy) is 3. The molecule has 24 heavy (non-hydrogen) atoms. The third-order valence-electron chi connectivity index (χ3n) is 3.89. The van der Waals surface area contributed by atoms with Crippen LogP contribution in [0.2, 0.25) is 0 Å². The fraction of sp³-hybridized carbons (Fsp3) is 0.350. The molecular weight excluding hydrogens is 304 g/mol. The van der Waals surface area contributed by atoms with Crippen LogP contribution in [0.25, 0.3) is 0 Å². The molecule has 128 valence electrons. The maximum absolute atomic E-state index is 12.2. The van der Waals surface area contributed by atoms with Crippen LogP contribution in [-0.4, -0.2) is 26.8 Å². The molecule has 0 aliphatic rings. The molecular formula is C20H24O4. The minimum absolute atomic E-state index is 0.198. The SMILES string of the molecule is COc1cccc(CC(C)C(=O)OCCc2ccccc2)c1OC. The van der Waals surface area contributed by atoms with Crippen molar-refractivity contribution in [2.24, 2.45) is 5.92 Å². The van der Waals surface area contributed by atoms with E-state index in [0.29, 0.717) is 24.5 Å². The van der Waals surface area contributed by atoms with Gasteiger partial charge in [0.05, 0.1) is 26.7 Å². The molecule has 0 saturated heterocycles. The van der Waals surface area contributed by atoms with Gasteiger partial charge < -0.3 is 14.2 Å². The number of rotatable bonds is 8. The van der Waals surface area contributed by atoms with Gasteiger partial charge in [0.1, 0.15) is 0 Å². The van der Waals surface area contributed by atoms with Gasteiger partial charge in [0, 0.05) is 6.42 Å². The van der Waals surface area contributed by atoms with Crippen LogP contribution >= 0.6 is 0 Å². The van der Waals surface area contributed by atoms with E-state index in [4.69, 9.17) is 14.2 Å². The van der Waals surface area contributed by atoms with Crippen LogP contribution in [0, 0.1) is 5.92 Å². The maximum Gasteiger partial charge on any atom is 0.308 e. The number of hydrogen-bond donors (Lipinski definition) is 0. The van der Waals surface area contributed by atoms with Crippen LogP contribution in [-0.2, 0) is 22.4 Å². The van der Waals surface area contributed by atoms with Crippen LogP contribution < -0.4 is 9.47 Å². The fourth-order valence-electron chi connectivity index (χ4n) is 2.58. The summed E-state index contributed by atoms with van der Waals surface area (Å²) in [6.07, 6.45) is 1.27. The number of para-hydroxylation sites is 1. The summed E-state index contributed by atoms with van der Waals surface area (Å²) in [5.74, 6) is 0.890. The first kappa shape index (κ1) is 17.9. The molecule has 2 aromatic rings. The van der Waals surface area contributed by atoms with E-state index < -0.39 is 0 Å². The third-order valence-corrected chi connectivity index (χ3v) is 3.89. The lowest BCUT2D eigenvalue weighted by atomic mass is 10.00. The summed E-state index contributed by atoms with van der Waals surface area (Å²) in [6.45, 7) is 2.26. The molecule has 0 aromatic heterocycles. The molecule has 1 atom stereocenters. The average molecular weight is 328 g/mol. The van der Waals surface area contributed by atoms with Gasteiger partial charge >= 0.3 is 5.97 Å². The van der Waals surface area contributed by atoms with E-state index in [1.54, 1.807) is 14.2 Å². The highest BCUT2D eigenvalue weighted by Gasteiger charge is 2.19. The zero-order chi connectivity index (χ0) is 17.4. The lowest BCUT2D eigenvalue weighted by molar-refractivity contribution is -0.147. The number of carbonyl (C=O) groups is 1. The summed E-state index contributed by atoms with van der Waals surface area (Å²) >= 11 is 0. The van der Waals surface area contributed by atoms with Crippen molar-refractivity contribution in [2.75, 3.05) is 20.8 Å². The van der Waals surface area contributed by atoms with Gasteiger partial charge in [-0.2, -0.15) is 0 Å². The van der Waals surface area contributed by atoms with Crippen molar-refractivity contribution < 1.29 is 19.0 Å². The second-order valence-corrected chi connectivity index (χ2v) is 5.66. The van der Waals surface area contributed by atoms with Gasteiger partial charge in [-0.15, -0.1) is 0 Å². The number of hydrogen-bond acceptors (Lipinski definition) is 4. The van der Waals surface area contributed by atoms with E-state index in [1.807, 2.05) is 55.5 Å². The maximum atomic E-state index is 12.2. The van der Waals surface area contributed by atoms with E-state index in [0.717, 1.165) is 17.5 Å². The number of esters is 1. The zero-order valence-electron chi connectivity index (χ0n) is 14.5. The molecule has 2 aromatic carbocycles. The number of carbonyl (C=O) groups excluding carboxylic acids is 1. The summed E-state index contributed by atoms with van der Waals surface area (Å²) in [6, 6.07) is 15.7. The van der Waals surface area contributed by atoms with Crippen molar-refractivity contribution in [1.29, 1.82) is 0 Å². The third kappa shape index (κ3) is 4.75. The fourth-order valence-corrected chi connectivity index (χ4v) is 2.58. The van der Waals surface area contributed by atoms with Gasteiger partial charge in [-0.25, -0.2) is 0 Å². The Morgan fingerprint density at radius 2 is 1.75 bits per heavy atom. The van der Waals surface area contributed by atoms with E-state index in [1.165, 1.54) is 0 Å². The van der Waals surface area contributed by atoms with E-state index in [2.05, 4.69) is 0 Å². The van der Waals surface area contributed by atoms with Gasteiger partial charge in [-0.1, -0.05) is 49.4 Å². The van der Waals surface area contributed by atoms with Gasteiger partial charge in [0.25, 0.3) is 0 Å². The summed E-state index contributed by atoms with van der Waals surface area (Å²) in [7, 11) is 3.20. The Morgan fingerprint density at radius 3 is 2.42 bits per heavy atom. The topological polar surface area (TPSA) is 44.8 Å². The minimum Gasteiger partial charge on any atom is -0.493 e. The molecule has 0 aliphatic heterocycles. The molecule has 0 spiro atoms. The van der Waals surface area contributed by atoms with Crippen LogP contribution in [0.3, 0.4) is 0 Å². The van der Waals surface area contributed by atoms with Crippen LogP contribution in [0.4, 0.5) is 0 Å². The molecule has 0 aliphatic carbocycles. The summed E-state index contributed by atoms with van der Waals surface area (Å²) < 4.78 is 16.1. The smallest absolute Gasteiger partial charge is 0.308 e. The van der Waals surface area contributed by atoms with Crippen molar-refractivity contribution in [2.45, 2.75) is 19.8 Å². The van der Waals surface area contributed by atoms with Crippen molar-refractivity contribution in [3.8, 4) is 11.5 Å². The van der Waals surface area contributed by atoms with E-state index in [9.17, 15) is 4.79 Å². The van der Waals surface area contributed by atoms with Crippen LogP contribution in [0.1, 0.15) is 18.1 Å². The molecule has 0 bridgehead atoms. The molecule has 0 radical (unpaired) electrons. The molecule has 0 amide bonds. The lowest BCUT2D eigenvalue weighted by Gasteiger charge is -2.15. The molecule has 2 rings (SSSR count). The minimum atomic E-state index is -0.248. The van der Waals surface area contributed by atoms with Crippen LogP contribution in [0.5, 0.6) is 11.5 Å². The Labute approximate surface area is 143 Å². The Kier molecular flexibility index (Phi) is 6.67. The van der Waals surface area contributed by atoms with Crippen molar-refractivity contribution in [3.05, 3.63) is 59.7 Å². The molecule has 4 nitrogen and oxygen atoms in total. The van der Waals surface area contributed by atoms with Gasteiger partial charge in [-0.05, 0) is 23.6 Å². The molecule has 4 heteroatoms. The highest BCUT2D eigenvalue weighted by atomic mass is 16.5. The first-order chi connectivity index (χ1) is 11.7. The molecule has 0 saturated carbocycles. The Morgan fingerprint density at radius 1 is 1.00 bits per heavy atom. The van der Waals surface area contributed by atoms with Crippen LogP contribution in [0.15, 0.2) is 48.5 Å². The quantitative estimate of drug-likeness (QED) is 0.694. The predicted octanol–water partition coefficient (Wildman–Crippen LogP) is 3.67. The largest absolute Gasteiger partial charge is 0.493 e. The Bertz CT molecular complexity index is 652. The van der Waals surface area contributed by atoms with Gasteiger partial charge in [0.2, 0.25) is 0 Å². The first-order valence-corrected chi connectivity index (χ1v) is 8.06. The van der Waals surface area contributed by atoms with Crippen molar-refractivity contribution in [3.63, 3.8) is 0 Å².